The van der Waals surface area contributed by atoms with Gasteiger partial charge in [0.05, 0.1) is 4.88 Å². The van der Waals surface area contributed by atoms with Gasteiger partial charge in [0.1, 0.15) is 0 Å². The molecule has 0 amide bonds. The average molecular weight is 264 g/mol. The summed E-state index contributed by atoms with van der Waals surface area (Å²) in [5, 5.41) is 0. The zero-order chi connectivity index (χ0) is 13.1. The molecular formula is C17H12OS. The van der Waals surface area contributed by atoms with Crippen LogP contribution in [0.2, 0.25) is 0 Å². The number of carbonyl (C=O) groups is 1. The third kappa shape index (κ3) is 2.35. The van der Waals surface area contributed by atoms with Crippen molar-refractivity contribution in [2.24, 2.45) is 0 Å². The van der Waals surface area contributed by atoms with Crippen molar-refractivity contribution >= 4 is 17.6 Å². The molecule has 19 heavy (non-hydrogen) atoms. The molecule has 2 heteroatoms. The first-order valence-corrected chi connectivity index (χ1v) is 6.90. The third-order valence-electron chi connectivity index (χ3n) is 2.99. The first-order valence-electron chi connectivity index (χ1n) is 6.08. The van der Waals surface area contributed by atoms with E-state index in [1.807, 2.05) is 42.5 Å². The predicted molar refractivity (Wildman–Crippen MR) is 80.6 cm³/mol. The highest BCUT2D eigenvalue weighted by Gasteiger charge is 2.12. The Hall–Kier alpha value is -2.19. The molecule has 1 nitrogen and oxygen atoms in total. The summed E-state index contributed by atoms with van der Waals surface area (Å²) < 4.78 is 0. The van der Waals surface area contributed by atoms with Gasteiger partial charge in [0, 0.05) is 10.4 Å². The molecule has 0 atom stereocenters. The molecule has 92 valence electrons. The minimum Gasteiger partial charge on any atom is -0.297 e. The number of thiophene rings is 1. The van der Waals surface area contributed by atoms with E-state index in [2.05, 4.69) is 24.3 Å². The Morgan fingerprint density at radius 1 is 0.789 bits per heavy atom. The normalized spacial score (nSPS) is 10.3. The molecule has 0 aliphatic rings. The highest BCUT2D eigenvalue weighted by atomic mass is 32.1. The molecule has 0 N–H and O–H groups in total. The van der Waals surface area contributed by atoms with Crippen molar-refractivity contribution in [2.45, 2.75) is 0 Å². The lowest BCUT2D eigenvalue weighted by Crippen LogP contribution is -1.78. The Labute approximate surface area is 116 Å². The lowest BCUT2D eigenvalue weighted by molar-refractivity contribution is 0.112. The van der Waals surface area contributed by atoms with E-state index in [0.717, 1.165) is 32.7 Å². The molecule has 0 radical (unpaired) electrons. The molecule has 0 fully saturated rings. The highest BCUT2D eigenvalue weighted by Crippen LogP contribution is 2.38. The van der Waals surface area contributed by atoms with Crippen LogP contribution in [0, 0.1) is 0 Å². The van der Waals surface area contributed by atoms with Gasteiger partial charge in [-0.2, -0.15) is 0 Å². The summed E-state index contributed by atoms with van der Waals surface area (Å²) in [6, 6.07) is 22.3. The van der Waals surface area contributed by atoms with Crippen LogP contribution in [0.4, 0.5) is 0 Å². The maximum absolute atomic E-state index is 11.0. The summed E-state index contributed by atoms with van der Waals surface area (Å²) in [7, 11) is 0. The van der Waals surface area contributed by atoms with E-state index in [9.17, 15) is 4.79 Å². The van der Waals surface area contributed by atoms with Gasteiger partial charge in [0.2, 0.25) is 0 Å². The van der Waals surface area contributed by atoms with Gasteiger partial charge in [-0.25, -0.2) is 0 Å². The van der Waals surface area contributed by atoms with Crippen molar-refractivity contribution in [1.82, 2.24) is 0 Å². The summed E-state index contributed by atoms with van der Waals surface area (Å²) in [5.74, 6) is 0. The molecule has 0 saturated carbocycles. The fourth-order valence-corrected chi connectivity index (χ4v) is 3.11. The molecule has 0 bridgehead atoms. The van der Waals surface area contributed by atoms with Crippen LogP contribution in [0.5, 0.6) is 0 Å². The summed E-state index contributed by atoms with van der Waals surface area (Å²) in [4.78, 5) is 13.0. The lowest BCUT2D eigenvalue weighted by Gasteiger charge is -2.03. The molecule has 0 spiro atoms. The van der Waals surface area contributed by atoms with E-state index in [0.29, 0.717) is 0 Å². The third-order valence-corrected chi connectivity index (χ3v) is 4.10. The van der Waals surface area contributed by atoms with Gasteiger partial charge in [-0.3, -0.25) is 4.79 Å². The van der Waals surface area contributed by atoms with Gasteiger partial charge in [-0.15, -0.1) is 11.3 Å². The molecule has 0 unspecified atom stereocenters. The van der Waals surface area contributed by atoms with E-state index >= 15 is 0 Å². The average Bonchev–Trinajstić information content (AvgIpc) is 2.93. The van der Waals surface area contributed by atoms with Gasteiger partial charge < -0.3 is 0 Å². The number of aldehydes is 1. The quantitative estimate of drug-likeness (QED) is 0.615. The highest BCUT2D eigenvalue weighted by molar-refractivity contribution is 7.17. The summed E-state index contributed by atoms with van der Waals surface area (Å²) >= 11 is 1.54. The van der Waals surface area contributed by atoms with Crippen LogP contribution in [-0.4, -0.2) is 6.29 Å². The molecule has 3 rings (SSSR count). The van der Waals surface area contributed by atoms with Gasteiger partial charge in [-0.05, 0) is 17.2 Å². The van der Waals surface area contributed by atoms with Crippen molar-refractivity contribution in [3.63, 3.8) is 0 Å². The fraction of sp³-hybridized carbons (Fsp3) is 0. The number of carbonyl (C=O) groups excluding carboxylic acids is 1. The van der Waals surface area contributed by atoms with Crippen LogP contribution in [0.1, 0.15) is 9.67 Å². The first kappa shape index (κ1) is 11.9. The number of rotatable bonds is 3. The molecular weight excluding hydrogens is 252 g/mol. The Morgan fingerprint density at radius 2 is 1.37 bits per heavy atom. The Kier molecular flexibility index (Phi) is 3.25. The number of hydrogen-bond donors (Lipinski definition) is 0. The van der Waals surface area contributed by atoms with Crippen LogP contribution in [0.25, 0.3) is 21.6 Å². The Morgan fingerprint density at radius 3 is 1.95 bits per heavy atom. The smallest absolute Gasteiger partial charge is 0.160 e. The van der Waals surface area contributed by atoms with Crippen LogP contribution >= 0.6 is 11.3 Å². The summed E-state index contributed by atoms with van der Waals surface area (Å²) in [6.07, 6.45) is 0.920. The van der Waals surface area contributed by atoms with Crippen molar-refractivity contribution in [2.75, 3.05) is 0 Å². The molecule has 0 aliphatic carbocycles. The second-order valence-corrected chi connectivity index (χ2v) is 5.33. The van der Waals surface area contributed by atoms with E-state index in [1.54, 1.807) is 0 Å². The van der Waals surface area contributed by atoms with Crippen molar-refractivity contribution < 1.29 is 4.79 Å². The van der Waals surface area contributed by atoms with E-state index < -0.39 is 0 Å². The zero-order valence-electron chi connectivity index (χ0n) is 10.2. The maximum atomic E-state index is 11.0. The molecule has 1 aromatic heterocycles. The predicted octanol–water partition coefficient (Wildman–Crippen LogP) is 4.89. The minimum absolute atomic E-state index is 0.762. The van der Waals surface area contributed by atoms with Gasteiger partial charge in [-0.1, -0.05) is 60.7 Å². The van der Waals surface area contributed by atoms with Crippen molar-refractivity contribution in [1.29, 1.82) is 0 Å². The van der Waals surface area contributed by atoms with Crippen LogP contribution in [0.3, 0.4) is 0 Å². The Bertz CT molecular complexity index is 627. The molecule has 0 saturated heterocycles. The standard InChI is InChI=1S/C17H12OS/c18-12-15-11-16(13-7-3-1-4-8-13)17(19-15)14-9-5-2-6-10-14/h1-12H. The molecule has 1 heterocycles. The maximum Gasteiger partial charge on any atom is 0.160 e. The molecule has 0 aliphatic heterocycles. The Balaban J connectivity index is 2.19. The van der Waals surface area contributed by atoms with E-state index in [4.69, 9.17) is 0 Å². The molecule has 3 aromatic rings. The second kappa shape index (κ2) is 5.21. The minimum atomic E-state index is 0.762. The van der Waals surface area contributed by atoms with Crippen molar-refractivity contribution in [3.8, 4) is 21.6 Å². The lowest BCUT2D eigenvalue weighted by atomic mass is 10.0. The summed E-state index contributed by atoms with van der Waals surface area (Å²) in [6.45, 7) is 0. The SMILES string of the molecule is O=Cc1cc(-c2ccccc2)c(-c2ccccc2)s1. The monoisotopic (exact) mass is 264 g/mol. The number of hydrogen-bond acceptors (Lipinski definition) is 2. The van der Waals surface area contributed by atoms with E-state index in [1.165, 1.54) is 11.3 Å². The summed E-state index contributed by atoms with van der Waals surface area (Å²) in [5.41, 5.74) is 3.42. The van der Waals surface area contributed by atoms with Crippen LogP contribution in [-0.2, 0) is 0 Å². The van der Waals surface area contributed by atoms with E-state index in [-0.39, 0.29) is 0 Å². The topological polar surface area (TPSA) is 17.1 Å². The largest absolute Gasteiger partial charge is 0.297 e. The molecule has 2 aromatic carbocycles. The first-order chi connectivity index (χ1) is 9.38. The van der Waals surface area contributed by atoms with Gasteiger partial charge >= 0.3 is 0 Å². The van der Waals surface area contributed by atoms with Gasteiger partial charge in [0.15, 0.2) is 6.29 Å². The fourth-order valence-electron chi connectivity index (χ4n) is 2.10. The van der Waals surface area contributed by atoms with Gasteiger partial charge in [0.25, 0.3) is 0 Å². The second-order valence-electron chi connectivity index (χ2n) is 4.24. The van der Waals surface area contributed by atoms with Crippen molar-refractivity contribution in [3.05, 3.63) is 71.6 Å². The zero-order valence-corrected chi connectivity index (χ0v) is 11.1. The van der Waals surface area contributed by atoms with Crippen LogP contribution in [0.15, 0.2) is 66.7 Å². The van der Waals surface area contributed by atoms with Crippen LogP contribution < -0.4 is 0 Å². The number of benzene rings is 2.